The second kappa shape index (κ2) is 8.50. The van der Waals surface area contributed by atoms with Crippen molar-refractivity contribution in [1.29, 1.82) is 0 Å². The number of benzene rings is 1. The quantitative estimate of drug-likeness (QED) is 0.595. The van der Waals surface area contributed by atoms with E-state index in [1.165, 1.54) is 6.26 Å². The largest absolute Gasteiger partial charge is 0.467 e. The van der Waals surface area contributed by atoms with Crippen LogP contribution in [0.5, 0.6) is 0 Å². The average molecular weight is 371 g/mol. The van der Waals surface area contributed by atoms with Crippen molar-refractivity contribution in [2.45, 2.75) is 31.5 Å². The minimum absolute atomic E-state index is 0.0169. The van der Waals surface area contributed by atoms with Crippen molar-refractivity contribution in [1.82, 2.24) is 15.5 Å². The molecule has 0 unspecified atom stereocenters. The van der Waals surface area contributed by atoms with Crippen LogP contribution < -0.4 is 10.6 Å². The molecule has 27 heavy (non-hydrogen) atoms. The number of nitrogens with one attached hydrogen (secondary N) is 2. The second-order valence-electron chi connectivity index (χ2n) is 6.35. The molecule has 1 saturated heterocycles. The molecule has 8 heteroatoms. The van der Waals surface area contributed by atoms with Crippen molar-refractivity contribution in [2.75, 3.05) is 6.61 Å². The van der Waals surface area contributed by atoms with Crippen molar-refractivity contribution in [3.8, 4) is 0 Å². The van der Waals surface area contributed by atoms with E-state index < -0.39 is 29.9 Å². The lowest BCUT2D eigenvalue weighted by molar-refractivity contribution is -0.131. The Bertz CT molecular complexity index is 791. The second-order valence-corrected chi connectivity index (χ2v) is 6.35. The van der Waals surface area contributed by atoms with Crippen LogP contribution >= 0.6 is 0 Å². The molecular weight excluding hydrogens is 350 g/mol. The third kappa shape index (κ3) is 4.73. The van der Waals surface area contributed by atoms with Gasteiger partial charge in [-0.05, 0) is 24.1 Å². The van der Waals surface area contributed by atoms with Gasteiger partial charge in [-0.2, -0.15) is 0 Å². The van der Waals surface area contributed by atoms with Crippen molar-refractivity contribution >= 4 is 17.8 Å². The van der Waals surface area contributed by atoms with Crippen molar-refractivity contribution in [3.63, 3.8) is 0 Å². The molecule has 3 N–H and O–H groups in total. The SMILES string of the molecule is O=C(C[C@@H]1NC(=O)N(Cc2ccco2)C1=O)N[C@@H](CO)Cc1ccccc1. The van der Waals surface area contributed by atoms with Gasteiger partial charge in [0.2, 0.25) is 5.91 Å². The molecule has 2 heterocycles. The number of imide groups is 1. The molecule has 8 nitrogen and oxygen atoms in total. The Labute approximate surface area is 156 Å². The van der Waals surface area contributed by atoms with Crippen molar-refractivity contribution in [2.24, 2.45) is 0 Å². The van der Waals surface area contributed by atoms with E-state index in [0.29, 0.717) is 12.2 Å². The van der Waals surface area contributed by atoms with Crippen LogP contribution in [0.25, 0.3) is 0 Å². The number of carbonyl (C=O) groups is 3. The van der Waals surface area contributed by atoms with E-state index in [4.69, 9.17) is 4.42 Å². The van der Waals surface area contributed by atoms with Crippen molar-refractivity contribution in [3.05, 3.63) is 60.1 Å². The molecule has 1 fully saturated rings. The number of nitrogens with zero attached hydrogens (tertiary/aromatic N) is 1. The Morgan fingerprint density at radius 2 is 2.00 bits per heavy atom. The van der Waals surface area contributed by atoms with Gasteiger partial charge in [0.1, 0.15) is 11.8 Å². The molecule has 1 aliphatic rings. The van der Waals surface area contributed by atoms with Crippen LogP contribution in [0.15, 0.2) is 53.1 Å². The molecule has 0 aliphatic carbocycles. The predicted octanol–water partition coefficient (Wildman–Crippen LogP) is 0.810. The summed E-state index contributed by atoms with van der Waals surface area (Å²) in [6, 6.07) is 10.8. The lowest BCUT2D eigenvalue weighted by Crippen LogP contribution is -2.43. The Kier molecular flexibility index (Phi) is 5.87. The number of urea groups is 1. The monoisotopic (exact) mass is 371 g/mol. The molecule has 1 aromatic heterocycles. The molecule has 0 bridgehead atoms. The summed E-state index contributed by atoms with van der Waals surface area (Å²) < 4.78 is 5.15. The third-order valence-electron chi connectivity index (χ3n) is 4.30. The average Bonchev–Trinajstić information content (AvgIpc) is 3.26. The van der Waals surface area contributed by atoms with E-state index in [9.17, 15) is 19.5 Å². The predicted molar refractivity (Wildman–Crippen MR) is 95.4 cm³/mol. The van der Waals surface area contributed by atoms with E-state index in [-0.39, 0.29) is 19.6 Å². The number of furan rings is 1. The summed E-state index contributed by atoms with van der Waals surface area (Å²) in [6.45, 7) is -0.209. The van der Waals surface area contributed by atoms with Crippen LogP contribution in [0.1, 0.15) is 17.7 Å². The summed E-state index contributed by atoms with van der Waals surface area (Å²) in [7, 11) is 0. The maximum Gasteiger partial charge on any atom is 0.325 e. The molecule has 1 aliphatic heterocycles. The zero-order chi connectivity index (χ0) is 19.2. The fourth-order valence-electron chi connectivity index (χ4n) is 2.96. The summed E-state index contributed by atoms with van der Waals surface area (Å²) in [5.41, 5.74) is 0.978. The first-order chi connectivity index (χ1) is 13.1. The highest BCUT2D eigenvalue weighted by Gasteiger charge is 2.39. The molecule has 0 saturated carbocycles. The summed E-state index contributed by atoms with van der Waals surface area (Å²) in [4.78, 5) is 37.7. The van der Waals surface area contributed by atoms with Gasteiger partial charge in [-0.1, -0.05) is 30.3 Å². The van der Waals surface area contributed by atoms with E-state index in [1.54, 1.807) is 12.1 Å². The molecule has 0 radical (unpaired) electrons. The Hall–Kier alpha value is -3.13. The molecular formula is C19H21N3O5. The highest BCUT2D eigenvalue weighted by atomic mass is 16.3. The van der Waals surface area contributed by atoms with E-state index >= 15 is 0 Å². The molecule has 1 aromatic carbocycles. The molecule has 2 atom stereocenters. The highest BCUT2D eigenvalue weighted by molar-refractivity contribution is 6.05. The van der Waals surface area contributed by atoms with E-state index in [2.05, 4.69) is 10.6 Å². The van der Waals surface area contributed by atoms with Crippen LogP contribution in [0.3, 0.4) is 0 Å². The van der Waals surface area contributed by atoms with Gasteiger partial charge in [-0.3, -0.25) is 14.5 Å². The Balaban J connectivity index is 1.54. The minimum Gasteiger partial charge on any atom is -0.467 e. The molecule has 142 valence electrons. The van der Waals surface area contributed by atoms with Crippen LogP contribution in [-0.2, 0) is 22.6 Å². The molecule has 0 spiro atoms. The summed E-state index contributed by atoms with van der Waals surface area (Å²) in [5.74, 6) is -0.412. The zero-order valence-electron chi connectivity index (χ0n) is 14.6. The van der Waals surface area contributed by atoms with Crippen LogP contribution in [-0.4, -0.2) is 46.5 Å². The fourth-order valence-corrected chi connectivity index (χ4v) is 2.96. The first-order valence-electron chi connectivity index (χ1n) is 8.65. The van der Waals surface area contributed by atoms with Gasteiger partial charge in [0.05, 0.1) is 31.9 Å². The molecule has 2 aromatic rings. The maximum atomic E-state index is 12.4. The number of carbonyl (C=O) groups excluding carboxylic acids is 3. The smallest absolute Gasteiger partial charge is 0.325 e. The number of aliphatic hydroxyl groups excluding tert-OH is 1. The van der Waals surface area contributed by atoms with E-state index in [0.717, 1.165) is 10.5 Å². The summed E-state index contributed by atoms with van der Waals surface area (Å²) in [6.07, 6.45) is 1.74. The highest BCUT2D eigenvalue weighted by Crippen LogP contribution is 2.14. The fraction of sp³-hybridized carbons (Fsp3) is 0.316. The third-order valence-corrected chi connectivity index (χ3v) is 4.30. The van der Waals surface area contributed by atoms with Gasteiger partial charge in [-0.25, -0.2) is 4.79 Å². The molecule has 4 amide bonds. The Morgan fingerprint density at radius 3 is 2.67 bits per heavy atom. The number of hydrogen-bond acceptors (Lipinski definition) is 5. The normalized spacial score (nSPS) is 17.7. The topological polar surface area (TPSA) is 112 Å². The maximum absolute atomic E-state index is 12.4. The number of amides is 4. The summed E-state index contributed by atoms with van der Waals surface area (Å²) >= 11 is 0. The lowest BCUT2D eigenvalue weighted by Gasteiger charge is -2.17. The van der Waals surface area contributed by atoms with Gasteiger partial charge in [0, 0.05) is 0 Å². The lowest BCUT2D eigenvalue weighted by atomic mass is 10.1. The first kappa shape index (κ1) is 18.7. The van der Waals surface area contributed by atoms with Crippen molar-refractivity contribution < 1.29 is 23.9 Å². The Morgan fingerprint density at radius 1 is 1.22 bits per heavy atom. The van der Waals surface area contributed by atoms with E-state index in [1.807, 2.05) is 30.3 Å². The van der Waals surface area contributed by atoms with Gasteiger partial charge in [0.15, 0.2) is 0 Å². The number of aliphatic hydroxyl groups is 1. The van der Waals surface area contributed by atoms with Gasteiger partial charge in [0.25, 0.3) is 5.91 Å². The number of rotatable bonds is 8. The van der Waals surface area contributed by atoms with Gasteiger partial charge in [-0.15, -0.1) is 0 Å². The first-order valence-corrected chi connectivity index (χ1v) is 8.65. The zero-order valence-corrected chi connectivity index (χ0v) is 14.6. The van der Waals surface area contributed by atoms with Gasteiger partial charge >= 0.3 is 6.03 Å². The van der Waals surface area contributed by atoms with Crippen LogP contribution in [0, 0.1) is 0 Å². The standard InChI is InChI=1S/C19H21N3O5/c23-12-14(9-13-5-2-1-3-6-13)20-17(24)10-16-18(25)22(19(26)21-16)11-15-7-4-8-27-15/h1-8,14,16,23H,9-12H2,(H,20,24)(H,21,26)/t14-,16+/m1/s1. The number of hydrogen-bond donors (Lipinski definition) is 3. The molecule has 3 rings (SSSR count). The minimum atomic E-state index is -0.927. The summed E-state index contributed by atoms with van der Waals surface area (Å²) in [5, 5.41) is 14.7. The van der Waals surface area contributed by atoms with Crippen LogP contribution in [0.2, 0.25) is 0 Å². The van der Waals surface area contributed by atoms with Crippen LogP contribution in [0.4, 0.5) is 4.79 Å². The van der Waals surface area contributed by atoms with Gasteiger partial charge < -0.3 is 20.2 Å².